The molecule has 0 aliphatic rings. The molecule has 0 unspecified atom stereocenters. The lowest BCUT2D eigenvalue weighted by Crippen LogP contribution is -2.26. The van der Waals surface area contributed by atoms with Gasteiger partial charge in [0.05, 0.1) is 34.5 Å². The summed E-state index contributed by atoms with van der Waals surface area (Å²) in [6.07, 6.45) is 5.18. The second kappa shape index (κ2) is 7.63. The zero-order chi connectivity index (χ0) is 23.3. The van der Waals surface area contributed by atoms with Gasteiger partial charge in [-0.3, -0.25) is 9.36 Å². The third kappa shape index (κ3) is 4.03. The van der Waals surface area contributed by atoms with E-state index in [1.54, 1.807) is 35.3 Å². The van der Waals surface area contributed by atoms with E-state index >= 15 is 0 Å². The maximum absolute atomic E-state index is 13.6. The smallest absolute Gasteiger partial charge is 0.230 e. The molecule has 0 bridgehead atoms. The van der Waals surface area contributed by atoms with Crippen molar-refractivity contribution >= 4 is 11.1 Å². The first kappa shape index (κ1) is 21.0. The summed E-state index contributed by atoms with van der Waals surface area (Å²) in [4.78, 5) is 8.85. The monoisotopic (exact) mass is 446 g/mol. The summed E-state index contributed by atoms with van der Waals surface area (Å²) in [6, 6.07) is 8.04. The average Bonchev–Trinajstić information content (AvgIpc) is 3.43. The quantitative estimate of drug-likeness (QED) is 0.431. The largest absolute Gasteiger partial charge is 0.437 e. The van der Waals surface area contributed by atoms with Crippen LogP contribution in [-0.4, -0.2) is 40.2 Å². The SMILES string of the molecule is Cc1nn(C)cc1-c1cc2c(-c3cn(CC(C)(C)O)nc3-c3ccc(F)cc3)ncnc2o1. The van der Waals surface area contributed by atoms with Crippen LogP contribution in [-0.2, 0) is 13.6 Å². The third-order valence-electron chi connectivity index (χ3n) is 5.29. The number of aryl methyl sites for hydroxylation is 2. The normalized spacial score (nSPS) is 12.1. The molecule has 0 spiro atoms. The van der Waals surface area contributed by atoms with E-state index in [1.165, 1.54) is 18.5 Å². The number of benzene rings is 1. The minimum atomic E-state index is -0.967. The van der Waals surface area contributed by atoms with Gasteiger partial charge in [0.1, 0.15) is 23.6 Å². The molecule has 168 valence electrons. The van der Waals surface area contributed by atoms with Crippen molar-refractivity contribution in [2.45, 2.75) is 32.9 Å². The van der Waals surface area contributed by atoms with Crippen LogP contribution in [0.25, 0.3) is 44.9 Å². The lowest BCUT2D eigenvalue weighted by Gasteiger charge is -2.16. The average molecular weight is 446 g/mol. The fourth-order valence-electron chi connectivity index (χ4n) is 3.94. The predicted molar refractivity (Wildman–Crippen MR) is 122 cm³/mol. The summed E-state index contributed by atoms with van der Waals surface area (Å²) in [5.41, 5.74) is 3.92. The summed E-state index contributed by atoms with van der Waals surface area (Å²) >= 11 is 0. The molecule has 0 saturated heterocycles. The van der Waals surface area contributed by atoms with E-state index in [2.05, 4.69) is 15.1 Å². The Bertz CT molecular complexity index is 1460. The molecule has 0 fully saturated rings. The minimum absolute atomic E-state index is 0.279. The summed E-state index contributed by atoms with van der Waals surface area (Å²) in [6.45, 7) is 5.63. The van der Waals surface area contributed by atoms with E-state index in [0.29, 0.717) is 22.9 Å². The van der Waals surface area contributed by atoms with Gasteiger partial charge in [-0.25, -0.2) is 14.4 Å². The molecule has 8 nitrogen and oxygen atoms in total. The summed E-state index contributed by atoms with van der Waals surface area (Å²) in [7, 11) is 1.86. The number of halogens is 1. The maximum Gasteiger partial charge on any atom is 0.230 e. The molecular weight excluding hydrogens is 423 g/mol. The third-order valence-corrected chi connectivity index (χ3v) is 5.29. The van der Waals surface area contributed by atoms with E-state index in [4.69, 9.17) is 9.52 Å². The molecule has 0 aliphatic carbocycles. The summed E-state index contributed by atoms with van der Waals surface area (Å²) in [5, 5.41) is 20.1. The van der Waals surface area contributed by atoms with Crippen molar-refractivity contribution in [1.82, 2.24) is 29.5 Å². The standard InChI is InChI=1S/C24H23FN6O2/c1-14-18(10-30(4)28-14)20-9-17-22(26-13-27-23(17)33-20)19-11-31(12-24(2,3)32)29-21(19)15-5-7-16(25)8-6-15/h5-11,13,32H,12H2,1-4H3. The Morgan fingerprint density at radius 2 is 1.79 bits per heavy atom. The Morgan fingerprint density at radius 3 is 2.45 bits per heavy atom. The van der Waals surface area contributed by atoms with Gasteiger partial charge < -0.3 is 9.52 Å². The summed E-state index contributed by atoms with van der Waals surface area (Å²) < 4.78 is 23.0. The number of hydrogen-bond donors (Lipinski definition) is 1. The number of furan rings is 1. The number of fused-ring (bicyclic) bond motifs is 1. The van der Waals surface area contributed by atoms with Crippen molar-refractivity contribution in [2.24, 2.45) is 7.05 Å². The molecule has 0 amide bonds. The molecular formula is C24H23FN6O2. The summed E-state index contributed by atoms with van der Waals surface area (Å²) in [5.74, 6) is 0.316. The lowest BCUT2D eigenvalue weighted by molar-refractivity contribution is 0.0578. The highest BCUT2D eigenvalue weighted by Gasteiger charge is 2.22. The number of hydrogen-bond acceptors (Lipinski definition) is 6. The molecule has 0 aliphatic heterocycles. The first-order valence-corrected chi connectivity index (χ1v) is 10.5. The van der Waals surface area contributed by atoms with Crippen molar-refractivity contribution in [3.8, 4) is 33.8 Å². The van der Waals surface area contributed by atoms with E-state index in [0.717, 1.165) is 27.8 Å². The molecule has 4 heterocycles. The van der Waals surface area contributed by atoms with Gasteiger partial charge in [-0.05, 0) is 51.1 Å². The van der Waals surface area contributed by atoms with Crippen molar-refractivity contribution < 1.29 is 13.9 Å². The highest BCUT2D eigenvalue weighted by atomic mass is 19.1. The van der Waals surface area contributed by atoms with Crippen LogP contribution in [0, 0.1) is 12.7 Å². The maximum atomic E-state index is 13.6. The molecule has 0 saturated carbocycles. The van der Waals surface area contributed by atoms with Gasteiger partial charge in [-0.15, -0.1) is 0 Å². The first-order valence-electron chi connectivity index (χ1n) is 10.5. The van der Waals surface area contributed by atoms with Crippen LogP contribution >= 0.6 is 0 Å². The van der Waals surface area contributed by atoms with Gasteiger partial charge >= 0.3 is 0 Å². The van der Waals surface area contributed by atoms with Crippen LogP contribution in [0.1, 0.15) is 19.5 Å². The van der Waals surface area contributed by atoms with Gasteiger partial charge in [0.15, 0.2) is 0 Å². The second-order valence-electron chi connectivity index (χ2n) is 8.76. The van der Waals surface area contributed by atoms with Crippen molar-refractivity contribution in [3.05, 3.63) is 60.6 Å². The Labute approximate surface area is 189 Å². The fraction of sp³-hybridized carbons (Fsp3) is 0.250. The molecule has 4 aromatic heterocycles. The molecule has 33 heavy (non-hydrogen) atoms. The Kier molecular flexibility index (Phi) is 4.86. The van der Waals surface area contributed by atoms with E-state index < -0.39 is 5.60 Å². The van der Waals surface area contributed by atoms with Crippen molar-refractivity contribution in [1.29, 1.82) is 0 Å². The van der Waals surface area contributed by atoms with Gasteiger partial charge in [0, 0.05) is 30.6 Å². The number of nitrogens with zero attached hydrogens (tertiary/aromatic N) is 6. The highest BCUT2D eigenvalue weighted by molar-refractivity contribution is 5.96. The Morgan fingerprint density at radius 1 is 1.03 bits per heavy atom. The lowest BCUT2D eigenvalue weighted by atomic mass is 10.0. The number of rotatable bonds is 5. The molecule has 9 heteroatoms. The number of aromatic nitrogens is 6. The van der Waals surface area contributed by atoms with Gasteiger partial charge in [-0.2, -0.15) is 10.2 Å². The molecule has 0 atom stereocenters. The molecule has 0 radical (unpaired) electrons. The number of aliphatic hydroxyl groups is 1. The van der Waals surface area contributed by atoms with Crippen molar-refractivity contribution in [2.75, 3.05) is 0 Å². The molecule has 1 aromatic carbocycles. The van der Waals surface area contributed by atoms with Crippen LogP contribution in [0.3, 0.4) is 0 Å². The van der Waals surface area contributed by atoms with Crippen LogP contribution in [0.5, 0.6) is 0 Å². The zero-order valence-corrected chi connectivity index (χ0v) is 18.7. The second-order valence-corrected chi connectivity index (χ2v) is 8.76. The van der Waals surface area contributed by atoms with Gasteiger partial charge in [0.25, 0.3) is 0 Å². The predicted octanol–water partition coefficient (Wildman–Crippen LogP) is 4.37. The van der Waals surface area contributed by atoms with Crippen LogP contribution < -0.4 is 0 Å². The Hall–Kier alpha value is -3.85. The molecule has 1 N–H and O–H groups in total. The van der Waals surface area contributed by atoms with Gasteiger partial charge in [-0.1, -0.05) is 0 Å². The van der Waals surface area contributed by atoms with E-state index in [1.807, 2.05) is 32.4 Å². The van der Waals surface area contributed by atoms with Gasteiger partial charge in [0.2, 0.25) is 5.71 Å². The van der Waals surface area contributed by atoms with Crippen molar-refractivity contribution in [3.63, 3.8) is 0 Å². The van der Waals surface area contributed by atoms with Crippen LogP contribution in [0.15, 0.2) is 53.5 Å². The molecule has 5 aromatic rings. The Balaban J connectivity index is 1.70. The van der Waals surface area contributed by atoms with E-state index in [9.17, 15) is 9.50 Å². The molecule has 5 rings (SSSR count). The van der Waals surface area contributed by atoms with Crippen LogP contribution in [0.4, 0.5) is 4.39 Å². The fourth-order valence-corrected chi connectivity index (χ4v) is 3.94. The van der Waals surface area contributed by atoms with E-state index in [-0.39, 0.29) is 12.4 Å². The topological polar surface area (TPSA) is 94.8 Å². The first-order chi connectivity index (χ1) is 15.7. The van der Waals surface area contributed by atoms with Crippen LogP contribution in [0.2, 0.25) is 0 Å². The highest BCUT2D eigenvalue weighted by Crippen LogP contribution is 2.37. The zero-order valence-electron chi connectivity index (χ0n) is 18.7. The minimum Gasteiger partial charge on any atom is -0.437 e.